The number of nitrogens with zero attached hydrogens (tertiary/aromatic N) is 1. The molecular weight excluding hydrogens is 659 g/mol. The molecule has 2 heterocycles. The molecule has 0 aromatic heterocycles. The second-order valence-electron chi connectivity index (χ2n) is 13.4. The molecule has 50 heavy (non-hydrogen) atoms. The van der Waals surface area contributed by atoms with Gasteiger partial charge in [-0.15, -0.1) is 0 Å². The molecule has 0 unspecified atom stereocenters. The van der Waals surface area contributed by atoms with Gasteiger partial charge in [0, 0.05) is 11.1 Å². The number of fused-ring (bicyclic) bond motifs is 5. The maximum absolute atomic E-state index is 13.8. The fraction of sp³-hybridized carbons (Fsp3) is 0.0698. The van der Waals surface area contributed by atoms with E-state index in [1.807, 2.05) is 30.3 Å². The van der Waals surface area contributed by atoms with E-state index in [1.54, 1.807) is 18.2 Å². The zero-order chi connectivity index (χ0) is 34.4. The summed E-state index contributed by atoms with van der Waals surface area (Å²) in [5, 5.41) is 1.94. The number of para-hydroxylation sites is 2. The van der Waals surface area contributed by atoms with E-state index in [0.717, 1.165) is 44.5 Å². The van der Waals surface area contributed by atoms with Crippen molar-refractivity contribution in [3.8, 4) is 22.3 Å². The molecule has 7 aromatic carbocycles. The molecule has 0 saturated carbocycles. The Kier molecular flexibility index (Phi) is 6.57. The van der Waals surface area contributed by atoms with E-state index in [-0.39, 0.29) is 25.0 Å². The van der Waals surface area contributed by atoms with Crippen molar-refractivity contribution in [2.24, 2.45) is 0 Å². The van der Waals surface area contributed by atoms with E-state index in [1.165, 1.54) is 35.4 Å². The van der Waals surface area contributed by atoms with Gasteiger partial charge in [0.25, 0.3) is 0 Å². The van der Waals surface area contributed by atoms with Crippen LogP contribution in [-0.4, -0.2) is 16.8 Å². The standard InChI is InChI=1S/C43H31NO4S2/c1-43(2)34-15-3-5-17-36(34)44(37-18-6-4-16-35(37)43)31-24-21-28(22-25-31)32-13-9-11-29-12-10-14-33(42(29)32)30-23-26-40-41(27-30)50(47,48)39-20-8-7-19-38(39)49(40,45)46/h3-27H,1-2H3. The van der Waals surface area contributed by atoms with E-state index in [0.29, 0.717) is 5.56 Å². The van der Waals surface area contributed by atoms with Gasteiger partial charge in [0.05, 0.1) is 31.0 Å². The molecule has 2 aliphatic heterocycles. The normalized spacial score (nSPS) is 16.2. The molecule has 7 heteroatoms. The summed E-state index contributed by atoms with van der Waals surface area (Å²) in [4.78, 5) is 1.56. The van der Waals surface area contributed by atoms with Crippen LogP contribution in [0.15, 0.2) is 171 Å². The van der Waals surface area contributed by atoms with E-state index in [2.05, 4.69) is 97.6 Å². The molecule has 0 N–H and O–H groups in total. The molecule has 7 aromatic rings. The minimum atomic E-state index is -4.07. The van der Waals surface area contributed by atoms with Crippen molar-refractivity contribution in [1.29, 1.82) is 0 Å². The molecule has 5 nitrogen and oxygen atoms in total. The van der Waals surface area contributed by atoms with Crippen LogP contribution in [0.4, 0.5) is 17.1 Å². The Labute approximate surface area is 291 Å². The van der Waals surface area contributed by atoms with Gasteiger partial charge in [0.15, 0.2) is 0 Å². The summed E-state index contributed by atoms with van der Waals surface area (Å²) in [5.74, 6) is 0. The van der Waals surface area contributed by atoms with E-state index in [4.69, 9.17) is 0 Å². The first-order chi connectivity index (χ1) is 24.1. The van der Waals surface area contributed by atoms with Gasteiger partial charge in [-0.3, -0.25) is 0 Å². The number of benzene rings is 7. The van der Waals surface area contributed by atoms with Gasteiger partial charge in [-0.2, -0.15) is 0 Å². The molecule has 0 radical (unpaired) electrons. The SMILES string of the molecule is CC1(C)c2ccccc2N(c2ccc(-c3cccc4cccc(-c5ccc6c(c5)S(=O)(=O)c5ccccc5S6(=O)=O)c34)cc2)c2ccccc21. The molecule has 9 rings (SSSR count). The molecule has 2 aliphatic rings. The predicted octanol–water partition coefficient (Wildman–Crippen LogP) is 10.3. The lowest BCUT2D eigenvalue weighted by Gasteiger charge is -2.42. The summed E-state index contributed by atoms with van der Waals surface area (Å²) >= 11 is 0. The predicted molar refractivity (Wildman–Crippen MR) is 199 cm³/mol. The van der Waals surface area contributed by atoms with Gasteiger partial charge in [-0.05, 0) is 92.7 Å². The van der Waals surface area contributed by atoms with Crippen molar-refractivity contribution in [2.45, 2.75) is 38.8 Å². The van der Waals surface area contributed by atoms with Crippen LogP contribution in [0.5, 0.6) is 0 Å². The molecule has 0 aliphatic carbocycles. The maximum Gasteiger partial charge on any atom is 0.209 e. The van der Waals surface area contributed by atoms with Crippen LogP contribution in [0.2, 0.25) is 0 Å². The van der Waals surface area contributed by atoms with E-state index < -0.39 is 19.7 Å². The quantitative estimate of drug-likeness (QED) is 0.185. The smallest absolute Gasteiger partial charge is 0.209 e. The summed E-state index contributed by atoms with van der Waals surface area (Å²) in [5.41, 5.74) is 9.19. The van der Waals surface area contributed by atoms with Gasteiger partial charge in [0.2, 0.25) is 19.7 Å². The largest absolute Gasteiger partial charge is 0.310 e. The van der Waals surface area contributed by atoms with Crippen LogP contribution in [-0.2, 0) is 25.1 Å². The van der Waals surface area contributed by atoms with Crippen LogP contribution in [0, 0.1) is 0 Å². The zero-order valence-electron chi connectivity index (χ0n) is 27.3. The van der Waals surface area contributed by atoms with Crippen LogP contribution in [0.3, 0.4) is 0 Å². The lowest BCUT2D eigenvalue weighted by atomic mass is 9.73. The summed E-state index contributed by atoms with van der Waals surface area (Å²) in [6.07, 6.45) is 0. The Balaban J connectivity index is 1.18. The lowest BCUT2D eigenvalue weighted by molar-refractivity contribution is 0.570. The van der Waals surface area contributed by atoms with Gasteiger partial charge in [-0.25, -0.2) is 16.8 Å². The highest BCUT2D eigenvalue weighted by Crippen LogP contribution is 2.52. The molecule has 0 saturated heterocycles. The van der Waals surface area contributed by atoms with Gasteiger partial charge in [0.1, 0.15) is 0 Å². The van der Waals surface area contributed by atoms with E-state index in [9.17, 15) is 16.8 Å². The Morgan fingerprint density at radius 3 is 1.54 bits per heavy atom. The zero-order valence-corrected chi connectivity index (χ0v) is 29.0. The number of hydrogen-bond donors (Lipinski definition) is 0. The van der Waals surface area contributed by atoms with Crippen LogP contribution in [0.1, 0.15) is 25.0 Å². The molecule has 0 spiro atoms. The third-order valence-corrected chi connectivity index (χ3v) is 14.2. The Morgan fingerprint density at radius 2 is 0.940 bits per heavy atom. The number of hydrogen-bond acceptors (Lipinski definition) is 5. The third kappa shape index (κ3) is 4.30. The fourth-order valence-electron chi connectivity index (χ4n) is 7.80. The van der Waals surface area contributed by atoms with Gasteiger partial charge >= 0.3 is 0 Å². The Morgan fingerprint density at radius 1 is 0.460 bits per heavy atom. The summed E-state index contributed by atoms with van der Waals surface area (Å²) in [6.45, 7) is 4.55. The molecular formula is C43H31NO4S2. The van der Waals surface area contributed by atoms with Crippen LogP contribution < -0.4 is 4.90 Å². The second-order valence-corrected chi connectivity index (χ2v) is 17.1. The molecule has 0 atom stereocenters. The van der Waals surface area contributed by atoms with Gasteiger partial charge < -0.3 is 4.90 Å². The number of anilines is 3. The molecule has 244 valence electrons. The van der Waals surface area contributed by atoms with Crippen molar-refractivity contribution >= 4 is 47.5 Å². The average molecular weight is 690 g/mol. The van der Waals surface area contributed by atoms with Crippen LogP contribution in [0.25, 0.3) is 33.0 Å². The van der Waals surface area contributed by atoms with E-state index >= 15 is 0 Å². The van der Waals surface area contributed by atoms with Crippen molar-refractivity contribution in [3.05, 3.63) is 163 Å². The first-order valence-corrected chi connectivity index (χ1v) is 19.4. The molecule has 0 amide bonds. The highest BCUT2D eigenvalue weighted by Gasteiger charge is 2.39. The van der Waals surface area contributed by atoms with Crippen molar-refractivity contribution < 1.29 is 16.8 Å². The monoisotopic (exact) mass is 689 g/mol. The summed E-state index contributed by atoms with van der Waals surface area (Å²) in [6, 6.07) is 48.3. The lowest BCUT2D eigenvalue weighted by Crippen LogP contribution is -2.30. The van der Waals surface area contributed by atoms with Crippen molar-refractivity contribution in [2.75, 3.05) is 4.90 Å². The average Bonchev–Trinajstić information content (AvgIpc) is 3.14. The van der Waals surface area contributed by atoms with Gasteiger partial charge in [-0.1, -0.05) is 117 Å². The first kappa shape index (κ1) is 30.6. The maximum atomic E-state index is 13.8. The minimum absolute atomic E-state index is 0.146. The molecule has 0 fully saturated rings. The van der Waals surface area contributed by atoms with Crippen LogP contribution >= 0.6 is 0 Å². The summed E-state index contributed by atoms with van der Waals surface area (Å²) in [7, 11) is -8.07. The number of sulfone groups is 2. The Hall–Kier alpha value is -5.50. The summed E-state index contributed by atoms with van der Waals surface area (Å²) < 4.78 is 54.7. The minimum Gasteiger partial charge on any atom is -0.310 e. The van der Waals surface area contributed by atoms with Crippen molar-refractivity contribution in [3.63, 3.8) is 0 Å². The fourth-order valence-corrected chi connectivity index (χ4v) is 12.0. The second kappa shape index (κ2) is 10.7. The molecule has 0 bridgehead atoms. The highest BCUT2D eigenvalue weighted by atomic mass is 32.2. The topological polar surface area (TPSA) is 71.5 Å². The number of rotatable bonds is 3. The third-order valence-electron chi connectivity index (χ3n) is 10.2. The highest BCUT2D eigenvalue weighted by molar-refractivity contribution is 7.97. The first-order valence-electron chi connectivity index (χ1n) is 16.4. The Bertz CT molecular complexity index is 2710. The van der Waals surface area contributed by atoms with Crippen molar-refractivity contribution in [1.82, 2.24) is 0 Å².